The Morgan fingerprint density at radius 2 is 1.85 bits per heavy atom. The number of hydrogen-bond donors (Lipinski definition) is 1. The van der Waals surface area contributed by atoms with Gasteiger partial charge in [-0.15, -0.1) is 0 Å². The minimum Gasteiger partial charge on any atom is -0.447 e. The van der Waals surface area contributed by atoms with Crippen LogP contribution in [0.15, 0.2) is 53.1 Å². The summed E-state index contributed by atoms with van der Waals surface area (Å²) >= 11 is 12.2. The van der Waals surface area contributed by atoms with Crippen molar-refractivity contribution in [2.45, 2.75) is 38.6 Å². The molecular weight excluding hydrogens is 468 g/mol. The number of amides is 1. The van der Waals surface area contributed by atoms with Gasteiger partial charge in [-0.3, -0.25) is 9.69 Å². The number of aromatic nitrogens is 1. The second-order valence-corrected chi connectivity index (χ2v) is 8.81. The molecule has 174 valence electrons. The summed E-state index contributed by atoms with van der Waals surface area (Å²) in [6.07, 6.45) is 3.36. The van der Waals surface area contributed by atoms with Crippen LogP contribution in [0.4, 0.5) is 4.39 Å². The Kier molecular flexibility index (Phi) is 7.98. The van der Waals surface area contributed by atoms with Gasteiger partial charge < -0.3 is 14.5 Å². The molecular formula is C24H24Cl2FN3O3. The van der Waals surface area contributed by atoms with Gasteiger partial charge >= 0.3 is 0 Å². The minimum atomic E-state index is -0.296. The highest BCUT2D eigenvalue weighted by Crippen LogP contribution is 2.24. The van der Waals surface area contributed by atoms with Crippen LogP contribution in [0.1, 0.15) is 40.3 Å². The summed E-state index contributed by atoms with van der Waals surface area (Å²) in [5.41, 5.74) is 2.10. The largest absolute Gasteiger partial charge is 0.447 e. The van der Waals surface area contributed by atoms with Gasteiger partial charge in [-0.1, -0.05) is 41.4 Å². The molecule has 2 heterocycles. The molecule has 0 unspecified atom stereocenters. The normalized spacial score (nSPS) is 15.8. The SMILES string of the molecule is O=C(NC[C@@H]1CCCO1)c1coc(CN(Cc2ccc(F)cc2)Cc2ccc(Cl)c(Cl)c2)n1. The second-order valence-electron chi connectivity index (χ2n) is 7.99. The van der Waals surface area contributed by atoms with E-state index in [1.54, 1.807) is 24.3 Å². The lowest BCUT2D eigenvalue weighted by atomic mass is 10.1. The van der Waals surface area contributed by atoms with Crippen LogP contribution in [0.2, 0.25) is 10.0 Å². The molecule has 0 saturated carbocycles. The van der Waals surface area contributed by atoms with E-state index >= 15 is 0 Å². The molecule has 1 atom stereocenters. The molecule has 0 aliphatic carbocycles. The highest BCUT2D eigenvalue weighted by Gasteiger charge is 2.19. The van der Waals surface area contributed by atoms with Gasteiger partial charge in [0.25, 0.3) is 5.91 Å². The van der Waals surface area contributed by atoms with E-state index in [-0.39, 0.29) is 23.5 Å². The lowest BCUT2D eigenvalue weighted by Gasteiger charge is -2.21. The van der Waals surface area contributed by atoms with Gasteiger partial charge in [0.15, 0.2) is 5.69 Å². The zero-order valence-electron chi connectivity index (χ0n) is 17.9. The molecule has 6 nitrogen and oxygen atoms in total. The molecule has 1 N–H and O–H groups in total. The quantitative estimate of drug-likeness (QED) is 0.443. The van der Waals surface area contributed by atoms with Crippen LogP contribution in [0, 0.1) is 5.82 Å². The smallest absolute Gasteiger partial charge is 0.273 e. The third-order valence-corrected chi connectivity index (χ3v) is 6.11. The maximum atomic E-state index is 13.3. The number of carbonyl (C=O) groups excluding carboxylic acids is 1. The van der Waals surface area contributed by atoms with Crippen molar-refractivity contribution in [3.8, 4) is 0 Å². The average molecular weight is 492 g/mol. The van der Waals surface area contributed by atoms with Gasteiger partial charge in [0.2, 0.25) is 5.89 Å². The summed E-state index contributed by atoms with van der Waals surface area (Å²) in [7, 11) is 0. The van der Waals surface area contributed by atoms with Crippen molar-refractivity contribution in [3.63, 3.8) is 0 Å². The van der Waals surface area contributed by atoms with Crippen molar-refractivity contribution in [2.24, 2.45) is 0 Å². The predicted molar refractivity (Wildman–Crippen MR) is 124 cm³/mol. The second kappa shape index (κ2) is 11.1. The summed E-state index contributed by atoms with van der Waals surface area (Å²) in [4.78, 5) is 18.8. The molecule has 1 aliphatic heterocycles. The van der Waals surface area contributed by atoms with E-state index in [4.69, 9.17) is 32.4 Å². The number of nitrogens with one attached hydrogen (secondary N) is 1. The van der Waals surface area contributed by atoms with Gasteiger partial charge in [0, 0.05) is 26.2 Å². The molecule has 0 radical (unpaired) electrons. The maximum absolute atomic E-state index is 13.3. The first-order valence-electron chi connectivity index (χ1n) is 10.7. The highest BCUT2D eigenvalue weighted by molar-refractivity contribution is 6.42. The molecule has 2 aromatic carbocycles. The number of carbonyl (C=O) groups is 1. The van der Waals surface area contributed by atoms with Crippen molar-refractivity contribution in [3.05, 3.63) is 87.3 Å². The van der Waals surface area contributed by atoms with Crippen LogP contribution in [-0.2, 0) is 24.4 Å². The fourth-order valence-electron chi connectivity index (χ4n) is 3.69. The fourth-order valence-corrected chi connectivity index (χ4v) is 4.01. The zero-order valence-corrected chi connectivity index (χ0v) is 19.4. The summed E-state index contributed by atoms with van der Waals surface area (Å²) in [5.74, 6) is -0.185. The molecule has 1 fully saturated rings. The molecule has 33 heavy (non-hydrogen) atoms. The third-order valence-electron chi connectivity index (χ3n) is 5.37. The van der Waals surface area contributed by atoms with Crippen molar-refractivity contribution in [1.29, 1.82) is 0 Å². The predicted octanol–water partition coefficient (Wildman–Crippen LogP) is 5.23. The zero-order chi connectivity index (χ0) is 23.2. The molecule has 1 amide bonds. The van der Waals surface area contributed by atoms with Gasteiger partial charge in [0.1, 0.15) is 12.1 Å². The number of oxazole rings is 1. The van der Waals surface area contributed by atoms with Gasteiger partial charge in [-0.2, -0.15) is 0 Å². The molecule has 3 aromatic rings. The number of rotatable bonds is 9. The van der Waals surface area contributed by atoms with Gasteiger partial charge in [-0.05, 0) is 48.2 Å². The van der Waals surface area contributed by atoms with Crippen LogP contribution >= 0.6 is 23.2 Å². The van der Waals surface area contributed by atoms with Crippen molar-refractivity contribution >= 4 is 29.1 Å². The van der Waals surface area contributed by atoms with Gasteiger partial charge in [0.05, 0.1) is 22.7 Å². The van der Waals surface area contributed by atoms with E-state index in [2.05, 4.69) is 15.2 Å². The van der Waals surface area contributed by atoms with E-state index in [1.807, 2.05) is 6.07 Å². The van der Waals surface area contributed by atoms with Crippen molar-refractivity contribution in [2.75, 3.05) is 13.2 Å². The summed E-state index contributed by atoms with van der Waals surface area (Å²) in [5, 5.41) is 3.79. The number of halogens is 3. The number of ether oxygens (including phenoxy) is 1. The Labute approximate surface area is 201 Å². The Morgan fingerprint density at radius 3 is 2.58 bits per heavy atom. The molecule has 1 saturated heterocycles. The van der Waals surface area contributed by atoms with Crippen LogP contribution in [0.25, 0.3) is 0 Å². The van der Waals surface area contributed by atoms with Crippen molar-refractivity contribution in [1.82, 2.24) is 15.2 Å². The van der Waals surface area contributed by atoms with E-state index < -0.39 is 0 Å². The monoisotopic (exact) mass is 491 g/mol. The standard InChI is InChI=1S/C24H24Cl2FN3O3/c25-20-8-5-17(10-21(20)26)13-30(12-16-3-6-18(27)7-4-16)14-23-29-22(15-33-23)24(31)28-11-19-2-1-9-32-19/h3-8,10,15,19H,1-2,9,11-14H2,(H,28,31)/t19-/m0/s1. The molecule has 0 bridgehead atoms. The first kappa shape index (κ1) is 23.7. The lowest BCUT2D eigenvalue weighted by molar-refractivity contribution is 0.0853. The number of nitrogens with zero attached hydrogens (tertiary/aromatic N) is 2. The maximum Gasteiger partial charge on any atom is 0.273 e. The minimum absolute atomic E-state index is 0.0534. The third kappa shape index (κ3) is 6.77. The van der Waals surface area contributed by atoms with Crippen LogP contribution in [-0.4, -0.2) is 35.0 Å². The highest BCUT2D eigenvalue weighted by atomic mass is 35.5. The van der Waals surface area contributed by atoms with E-state index in [1.165, 1.54) is 18.4 Å². The molecule has 1 aliphatic rings. The molecule has 4 rings (SSSR count). The number of benzene rings is 2. The summed E-state index contributed by atoms with van der Waals surface area (Å²) < 4.78 is 24.4. The Hall–Kier alpha value is -2.45. The molecule has 1 aromatic heterocycles. The lowest BCUT2D eigenvalue weighted by Crippen LogP contribution is -2.32. The van der Waals surface area contributed by atoms with Crippen LogP contribution < -0.4 is 5.32 Å². The first-order chi connectivity index (χ1) is 16.0. The first-order valence-corrected chi connectivity index (χ1v) is 11.5. The van der Waals surface area contributed by atoms with Crippen LogP contribution in [0.5, 0.6) is 0 Å². The van der Waals surface area contributed by atoms with E-state index in [9.17, 15) is 9.18 Å². The Balaban J connectivity index is 1.44. The fraction of sp³-hybridized carbons (Fsp3) is 0.333. The topological polar surface area (TPSA) is 67.6 Å². The summed E-state index contributed by atoms with van der Waals surface area (Å²) in [6.45, 7) is 2.57. The molecule has 0 spiro atoms. The van der Waals surface area contributed by atoms with E-state index in [0.29, 0.717) is 42.1 Å². The summed E-state index contributed by atoms with van der Waals surface area (Å²) in [6, 6.07) is 11.8. The van der Waals surface area contributed by atoms with E-state index in [0.717, 1.165) is 30.6 Å². The number of hydrogen-bond acceptors (Lipinski definition) is 5. The molecule has 9 heteroatoms. The average Bonchev–Trinajstić information content (AvgIpc) is 3.48. The Morgan fingerprint density at radius 1 is 1.09 bits per heavy atom. The van der Waals surface area contributed by atoms with Crippen LogP contribution in [0.3, 0.4) is 0 Å². The van der Waals surface area contributed by atoms with Gasteiger partial charge in [-0.25, -0.2) is 9.37 Å². The Bertz CT molecular complexity index is 1080. The van der Waals surface area contributed by atoms with Crippen molar-refractivity contribution < 1.29 is 18.3 Å².